The molecular weight excluding hydrogens is 412 g/mol. The standard InChI is InChI=1S/C26H44N2OSi2/c1-25(2,19-17-21-9-13-23(27)14-10-21)30(5,6)29-31(7,8)26(3,4)20-18-22-11-15-24(28)16-12-22/h9-16H,17-20,27-28H2,1-8H3. The van der Waals surface area contributed by atoms with Crippen molar-refractivity contribution in [2.75, 3.05) is 11.5 Å². The SMILES string of the molecule is CC(C)(CCc1ccc(N)cc1)[Si](C)(C)O[Si](C)(C)C(C)(C)CCc1ccc(N)cc1. The number of aryl methyl sites for hydroxylation is 2. The first-order valence-electron chi connectivity index (χ1n) is 11.5. The van der Waals surface area contributed by atoms with Gasteiger partial charge < -0.3 is 15.6 Å². The molecule has 0 fully saturated rings. The maximum atomic E-state index is 7.21. The first kappa shape index (κ1) is 25.7. The van der Waals surface area contributed by atoms with E-state index in [4.69, 9.17) is 15.6 Å². The Morgan fingerprint density at radius 2 is 0.903 bits per heavy atom. The minimum Gasteiger partial charge on any atom is -0.455 e. The molecule has 2 aromatic rings. The molecule has 172 valence electrons. The minimum atomic E-state index is -1.94. The first-order chi connectivity index (χ1) is 14.2. The fraction of sp³-hybridized carbons (Fsp3) is 0.538. The lowest BCUT2D eigenvalue weighted by molar-refractivity contribution is 0.410. The summed E-state index contributed by atoms with van der Waals surface area (Å²) in [5.41, 5.74) is 16.0. The number of hydrogen-bond acceptors (Lipinski definition) is 3. The molecule has 0 amide bonds. The highest BCUT2D eigenvalue weighted by molar-refractivity contribution is 6.87. The van der Waals surface area contributed by atoms with Gasteiger partial charge in [0, 0.05) is 11.4 Å². The Morgan fingerprint density at radius 1 is 0.613 bits per heavy atom. The Hall–Kier alpha value is -1.57. The second kappa shape index (κ2) is 9.51. The highest BCUT2D eigenvalue weighted by Crippen LogP contribution is 2.49. The summed E-state index contributed by atoms with van der Waals surface area (Å²) in [6.45, 7) is 19.3. The van der Waals surface area contributed by atoms with Crippen LogP contribution in [0.5, 0.6) is 0 Å². The van der Waals surface area contributed by atoms with Crippen molar-refractivity contribution in [2.45, 2.75) is 89.6 Å². The summed E-state index contributed by atoms with van der Waals surface area (Å²) in [6, 6.07) is 16.6. The molecule has 0 saturated heterocycles. The molecule has 2 rings (SSSR count). The lowest BCUT2D eigenvalue weighted by Crippen LogP contribution is -2.55. The summed E-state index contributed by atoms with van der Waals surface area (Å²) >= 11 is 0. The molecule has 3 nitrogen and oxygen atoms in total. The molecule has 0 saturated carbocycles. The average Bonchev–Trinajstić information content (AvgIpc) is 2.66. The number of anilines is 2. The van der Waals surface area contributed by atoms with Gasteiger partial charge in [-0.15, -0.1) is 0 Å². The third-order valence-corrected chi connectivity index (χ3v) is 18.9. The van der Waals surface area contributed by atoms with Gasteiger partial charge in [-0.05, 0) is 97.3 Å². The van der Waals surface area contributed by atoms with Crippen molar-refractivity contribution in [1.82, 2.24) is 0 Å². The molecule has 5 heteroatoms. The van der Waals surface area contributed by atoms with Crippen molar-refractivity contribution in [2.24, 2.45) is 0 Å². The predicted molar refractivity (Wildman–Crippen MR) is 142 cm³/mol. The van der Waals surface area contributed by atoms with Crippen molar-refractivity contribution in [1.29, 1.82) is 0 Å². The number of hydrogen-bond donors (Lipinski definition) is 2. The van der Waals surface area contributed by atoms with Gasteiger partial charge in [0.2, 0.25) is 0 Å². The molecule has 0 bridgehead atoms. The average molecular weight is 457 g/mol. The molecule has 0 radical (unpaired) electrons. The molecule has 0 heterocycles. The van der Waals surface area contributed by atoms with Crippen LogP contribution in [0.1, 0.15) is 51.7 Å². The minimum absolute atomic E-state index is 0.186. The summed E-state index contributed by atoms with van der Waals surface area (Å²) in [5.74, 6) is 0. The summed E-state index contributed by atoms with van der Waals surface area (Å²) in [4.78, 5) is 0. The van der Waals surface area contributed by atoms with Crippen LogP contribution in [0.2, 0.25) is 36.3 Å². The summed E-state index contributed by atoms with van der Waals surface area (Å²) in [6.07, 6.45) is 4.39. The second-order valence-corrected chi connectivity index (χ2v) is 20.9. The van der Waals surface area contributed by atoms with E-state index >= 15 is 0 Å². The van der Waals surface area contributed by atoms with Crippen molar-refractivity contribution in [3.05, 3.63) is 59.7 Å². The van der Waals surface area contributed by atoms with Gasteiger partial charge in [0.05, 0.1) is 0 Å². The van der Waals surface area contributed by atoms with Crippen LogP contribution in [0, 0.1) is 0 Å². The Kier molecular flexibility index (Phi) is 7.88. The molecule has 4 N–H and O–H groups in total. The van der Waals surface area contributed by atoms with Gasteiger partial charge in [-0.3, -0.25) is 0 Å². The first-order valence-corrected chi connectivity index (χ1v) is 17.4. The maximum absolute atomic E-state index is 7.21. The van der Waals surface area contributed by atoms with Crippen LogP contribution in [0.4, 0.5) is 11.4 Å². The molecule has 0 aliphatic rings. The molecule has 0 unspecified atom stereocenters. The van der Waals surface area contributed by atoms with Crippen molar-refractivity contribution >= 4 is 28.0 Å². The van der Waals surface area contributed by atoms with Crippen LogP contribution in [0.25, 0.3) is 0 Å². The van der Waals surface area contributed by atoms with Gasteiger partial charge in [0.1, 0.15) is 0 Å². The third-order valence-electron chi connectivity index (χ3n) is 7.81. The van der Waals surface area contributed by atoms with Crippen LogP contribution >= 0.6 is 0 Å². The fourth-order valence-corrected chi connectivity index (χ4v) is 12.6. The van der Waals surface area contributed by atoms with E-state index in [1.807, 2.05) is 24.3 Å². The van der Waals surface area contributed by atoms with Crippen molar-refractivity contribution in [3.63, 3.8) is 0 Å². The lowest BCUT2D eigenvalue weighted by Gasteiger charge is -2.49. The number of rotatable bonds is 10. The van der Waals surface area contributed by atoms with Crippen LogP contribution in [-0.4, -0.2) is 16.6 Å². The molecule has 0 aromatic heterocycles. The topological polar surface area (TPSA) is 61.3 Å². The Bertz CT molecular complexity index is 769. The highest BCUT2D eigenvalue weighted by Gasteiger charge is 2.49. The smallest absolute Gasteiger partial charge is 0.179 e. The van der Waals surface area contributed by atoms with Gasteiger partial charge in [0.15, 0.2) is 16.6 Å². The molecule has 0 aliphatic carbocycles. The van der Waals surface area contributed by atoms with Crippen LogP contribution in [0.15, 0.2) is 48.5 Å². The van der Waals surface area contributed by atoms with Crippen molar-refractivity contribution < 1.29 is 4.12 Å². The van der Waals surface area contributed by atoms with Gasteiger partial charge in [-0.1, -0.05) is 52.0 Å². The zero-order valence-electron chi connectivity index (χ0n) is 21.0. The van der Waals surface area contributed by atoms with E-state index in [0.29, 0.717) is 0 Å². The van der Waals surface area contributed by atoms with Crippen LogP contribution < -0.4 is 11.5 Å². The van der Waals surface area contributed by atoms with E-state index in [1.54, 1.807) is 0 Å². The summed E-state index contributed by atoms with van der Waals surface area (Å²) in [5, 5.41) is 0.372. The fourth-order valence-electron chi connectivity index (χ4n) is 3.80. The number of nitrogen functional groups attached to an aromatic ring is 2. The van der Waals surface area contributed by atoms with Crippen LogP contribution in [0.3, 0.4) is 0 Å². The summed E-state index contributed by atoms with van der Waals surface area (Å²) in [7, 11) is -3.87. The summed E-state index contributed by atoms with van der Waals surface area (Å²) < 4.78 is 7.21. The van der Waals surface area contributed by atoms with E-state index in [-0.39, 0.29) is 10.1 Å². The number of nitrogens with two attached hydrogens (primary N) is 2. The van der Waals surface area contributed by atoms with Gasteiger partial charge in [-0.2, -0.15) is 0 Å². The zero-order valence-corrected chi connectivity index (χ0v) is 23.0. The monoisotopic (exact) mass is 456 g/mol. The van der Waals surface area contributed by atoms with E-state index in [1.165, 1.54) is 11.1 Å². The van der Waals surface area contributed by atoms with E-state index < -0.39 is 16.6 Å². The number of benzene rings is 2. The molecule has 0 spiro atoms. The molecule has 2 aromatic carbocycles. The van der Waals surface area contributed by atoms with E-state index in [2.05, 4.69) is 78.1 Å². The Balaban J connectivity index is 2.04. The maximum Gasteiger partial charge on any atom is 0.179 e. The van der Waals surface area contributed by atoms with Gasteiger partial charge in [-0.25, -0.2) is 0 Å². The quantitative estimate of drug-likeness (QED) is 0.289. The third kappa shape index (κ3) is 6.71. The van der Waals surface area contributed by atoms with Gasteiger partial charge in [0.25, 0.3) is 0 Å². The largest absolute Gasteiger partial charge is 0.455 e. The van der Waals surface area contributed by atoms with E-state index in [9.17, 15) is 0 Å². The molecule has 0 aliphatic heterocycles. The normalized spacial score (nSPS) is 13.4. The predicted octanol–water partition coefficient (Wildman–Crippen LogP) is 7.40. The Morgan fingerprint density at radius 3 is 1.19 bits per heavy atom. The van der Waals surface area contributed by atoms with Gasteiger partial charge >= 0.3 is 0 Å². The zero-order chi connectivity index (χ0) is 23.5. The lowest BCUT2D eigenvalue weighted by atomic mass is 10.0. The second-order valence-electron chi connectivity index (χ2n) is 11.4. The van der Waals surface area contributed by atoms with Crippen LogP contribution in [-0.2, 0) is 17.0 Å². The Labute approximate surface area is 192 Å². The molecule has 31 heavy (non-hydrogen) atoms. The molecular formula is C26H44N2OSi2. The highest BCUT2D eigenvalue weighted by atomic mass is 28.4. The van der Waals surface area contributed by atoms with Crippen molar-refractivity contribution in [3.8, 4) is 0 Å². The molecule has 0 atom stereocenters. The van der Waals surface area contributed by atoms with E-state index in [0.717, 1.165) is 37.1 Å².